The first kappa shape index (κ1) is 12.1. The van der Waals surface area contributed by atoms with Crippen LogP contribution in [0.2, 0.25) is 19.6 Å². The van der Waals surface area contributed by atoms with E-state index in [1.807, 2.05) is 11.8 Å². The molecule has 2 aliphatic heterocycles. The van der Waals surface area contributed by atoms with Crippen molar-refractivity contribution in [2.24, 2.45) is 5.16 Å². The van der Waals surface area contributed by atoms with Crippen molar-refractivity contribution in [3.05, 3.63) is 0 Å². The van der Waals surface area contributed by atoms with Crippen LogP contribution in [-0.4, -0.2) is 30.9 Å². The highest BCUT2D eigenvalue weighted by molar-refractivity contribution is 7.99. The van der Waals surface area contributed by atoms with Gasteiger partial charge in [-0.2, -0.15) is 11.8 Å². The van der Waals surface area contributed by atoms with Gasteiger partial charge in [0.15, 0.2) is 0 Å². The molecule has 0 aromatic heterocycles. The van der Waals surface area contributed by atoms with E-state index >= 15 is 0 Å². The lowest BCUT2D eigenvalue weighted by atomic mass is 9.91. The first-order valence-electron chi connectivity index (χ1n) is 5.85. The molecule has 4 heteroatoms. The van der Waals surface area contributed by atoms with Crippen molar-refractivity contribution in [1.29, 1.82) is 0 Å². The Bertz CT molecular complexity index is 355. The predicted octanol–water partition coefficient (Wildman–Crippen LogP) is 2.91. The molecule has 0 unspecified atom stereocenters. The van der Waals surface area contributed by atoms with Gasteiger partial charge < -0.3 is 4.84 Å². The maximum Gasteiger partial charge on any atom is 0.145 e. The van der Waals surface area contributed by atoms with Crippen molar-refractivity contribution >= 4 is 25.5 Å². The zero-order valence-electron chi connectivity index (χ0n) is 10.3. The summed E-state index contributed by atoms with van der Waals surface area (Å²) in [5, 5.41) is 4.17. The van der Waals surface area contributed by atoms with Crippen molar-refractivity contribution in [1.82, 2.24) is 0 Å². The SMILES string of the molecule is C[Si](C)(C)C#CC1=NOC2(CCSCC2)C1. The van der Waals surface area contributed by atoms with Gasteiger partial charge in [0.05, 0.1) is 0 Å². The fourth-order valence-corrected chi connectivity index (χ4v) is 3.62. The molecule has 88 valence electrons. The summed E-state index contributed by atoms with van der Waals surface area (Å²) in [7, 11) is -1.29. The lowest BCUT2D eigenvalue weighted by molar-refractivity contribution is -0.0245. The van der Waals surface area contributed by atoms with Crippen LogP contribution in [0.1, 0.15) is 19.3 Å². The second-order valence-corrected chi connectivity index (χ2v) is 11.6. The molecule has 1 saturated heterocycles. The van der Waals surface area contributed by atoms with Crippen molar-refractivity contribution < 1.29 is 4.84 Å². The molecule has 0 aromatic carbocycles. The molecule has 0 bridgehead atoms. The van der Waals surface area contributed by atoms with Crippen LogP contribution >= 0.6 is 11.8 Å². The molecule has 0 aliphatic carbocycles. The third-order valence-corrected chi connectivity index (χ3v) is 4.69. The van der Waals surface area contributed by atoms with E-state index < -0.39 is 8.07 Å². The van der Waals surface area contributed by atoms with E-state index in [-0.39, 0.29) is 5.60 Å². The van der Waals surface area contributed by atoms with Gasteiger partial charge >= 0.3 is 0 Å². The standard InChI is InChI=1S/C12H19NOSSi/c1-16(2,3)9-4-11-10-12(14-13-11)5-7-15-8-6-12/h5-8,10H2,1-3H3. The second-order valence-electron chi connectivity index (χ2n) is 5.60. The summed E-state index contributed by atoms with van der Waals surface area (Å²) in [6.07, 6.45) is 3.18. The predicted molar refractivity (Wildman–Crippen MR) is 73.5 cm³/mol. The Morgan fingerprint density at radius 3 is 2.62 bits per heavy atom. The minimum atomic E-state index is -1.29. The summed E-state index contributed by atoms with van der Waals surface area (Å²) in [5.41, 5.74) is 4.33. The van der Waals surface area contributed by atoms with Gasteiger partial charge in [0.25, 0.3) is 0 Å². The lowest BCUT2D eigenvalue weighted by Gasteiger charge is -2.29. The minimum Gasteiger partial charge on any atom is -0.388 e. The smallest absolute Gasteiger partial charge is 0.145 e. The molecule has 0 aromatic rings. The Hall–Kier alpha value is -0.403. The Kier molecular flexibility index (Phi) is 3.36. The molecule has 2 aliphatic rings. The number of hydrogen-bond donors (Lipinski definition) is 0. The average Bonchev–Trinajstić information content (AvgIpc) is 2.59. The molecule has 0 N–H and O–H groups in total. The van der Waals surface area contributed by atoms with Gasteiger partial charge in [-0.3, -0.25) is 0 Å². The number of thioether (sulfide) groups is 1. The molecule has 2 nitrogen and oxygen atoms in total. The zero-order valence-corrected chi connectivity index (χ0v) is 12.1. The van der Waals surface area contributed by atoms with Crippen LogP contribution in [-0.2, 0) is 4.84 Å². The van der Waals surface area contributed by atoms with Crippen molar-refractivity contribution in [2.45, 2.75) is 44.5 Å². The van der Waals surface area contributed by atoms with Gasteiger partial charge in [-0.25, -0.2) is 0 Å². The minimum absolute atomic E-state index is 0.00863. The average molecular weight is 253 g/mol. The molecular weight excluding hydrogens is 234 g/mol. The first-order valence-corrected chi connectivity index (χ1v) is 10.5. The molecule has 0 atom stereocenters. The van der Waals surface area contributed by atoms with Crippen LogP contribution in [0.5, 0.6) is 0 Å². The fourth-order valence-electron chi connectivity index (χ4n) is 1.86. The first-order chi connectivity index (χ1) is 7.49. The number of oxime groups is 1. The maximum atomic E-state index is 5.65. The quantitative estimate of drug-likeness (QED) is 0.489. The third kappa shape index (κ3) is 3.05. The highest BCUT2D eigenvalue weighted by Crippen LogP contribution is 2.37. The summed E-state index contributed by atoms with van der Waals surface area (Å²) in [6.45, 7) is 6.76. The molecule has 0 saturated carbocycles. The van der Waals surface area contributed by atoms with E-state index in [4.69, 9.17) is 4.84 Å². The van der Waals surface area contributed by atoms with Gasteiger partial charge in [-0.15, -0.1) is 5.54 Å². The fraction of sp³-hybridized carbons (Fsp3) is 0.750. The lowest BCUT2D eigenvalue weighted by Crippen LogP contribution is -2.33. The highest BCUT2D eigenvalue weighted by atomic mass is 32.2. The van der Waals surface area contributed by atoms with Gasteiger partial charge in [-0.05, 0) is 24.3 Å². The number of rotatable bonds is 0. The van der Waals surface area contributed by atoms with Crippen LogP contribution in [0.15, 0.2) is 5.16 Å². The zero-order chi connectivity index (χ0) is 11.6. The normalized spacial score (nSPS) is 23.3. The largest absolute Gasteiger partial charge is 0.388 e. The second kappa shape index (κ2) is 4.46. The van der Waals surface area contributed by atoms with Crippen LogP contribution in [0, 0.1) is 11.5 Å². The monoisotopic (exact) mass is 253 g/mol. The Labute approximate surface area is 103 Å². The van der Waals surface area contributed by atoms with E-state index in [2.05, 4.69) is 36.3 Å². The van der Waals surface area contributed by atoms with Crippen molar-refractivity contribution in [3.63, 3.8) is 0 Å². The van der Waals surface area contributed by atoms with Crippen LogP contribution in [0.4, 0.5) is 0 Å². The number of nitrogens with zero attached hydrogens (tertiary/aromatic N) is 1. The third-order valence-electron chi connectivity index (χ3n) is 2.82. The molecular formula is C12H19NOSSi. The molecule has 2 heterocycles. The number of hydrogen-bond acceptors (Lipinski definition) is 3. The van der Waals surface area contributed by atoms with Gasteiger partial charge in [-0.1, -0.05) is 30.7 Å². The molecule has 2 rings (SSSR count). The Morgan fingerprint density at radius 2 is 2.00 bits per heavy atom. The van der Waals surface area contributed by atoms with Crippen LogP contribution in [0.25, 0.3) is 0 Å². The van der Waals surface area contributed by atoms with E-state index in [0.717, 1.165) is 25.0 Å². The van der Waals surface area contributed by atoms with Crippen molar-refractivity contribution in [3.8, 4) is 11.5 Å². The van der Waals surface area contributed by atoms with Crippen LogP contribution in [0.3, 0.4) is 0 Å². The van der Waals surface area contributed by atoms with Gasteiger partial charge in [0, 0.05) is 6.42 Å². The molecule has 1 fully saturated rings. The Balaban J connectivity index is 1.98. The van der Waals surface area contributed by atoms with E-state index in [1.165, 1.54) is 11.5 Å². The summed E-state index contributed by atoms with van der Waals surface area (Å²) in [6, 6.07) is 0. The Morgan fingerprint density at radius 1 is 1.31 bits per heavy atom. The highest BCUT2D eigenvalue weighted by Gasteiger charge is 2.39. The summed E-state index contributed by atoms with van der Waals surface area (Å²) in [5.74, 6) is 5.62. The summed E-state index contributed by atoms with van der Waals surface area (Å²) < 4.78 is 0. The van der Waals surface area contributed by atoms with E-state index in [9.17, 15) is 0 Å². The molecule has 0 amide bonds. The molecule has 16 heavy (non-hydrogen) atoms. The summed E-state index contributed by atoms with van der Waals surface area (Å²) in [4.78, 5) is 5.65. The van der Waals surface area contributed by atoms with E-state index in [1.54, 1.807) is 0 Å². The summed E-state index contributed by atoms with van der Waals surface area (Å²) >= 11 is 2.01. The van der Waals surface area contributed by atoms with Crippen LogP contribution < -0.4 is 0 Å². The molecule has 0 radical (unpaired) electrons. The van der Waals surface area contributed by atoms with Gasteiger partial charge in [0.1, 0.15) is 19.4 Å². The topological polar surface area (TPSA) is 21.6 Å². The van der Waals surface area contributed by atoms with E-state index in [0.29, 0.717) is 0 Å². The van der Waals surface area contributed by atoms with Crippen molar-refractivity contribution in [2.75, 3.05) is 11.5 Å². The maximum absolute atomic E-state index is 5.65. The van der Waals surface area contributed by atoms with Gasteiger partial charge in [0.2, 0.25) is 0 Å². The molecule has 1 spiro atoms.